The van der Waals surface area contributed by atoms with Gasteiger partial charge in [-0.2, -0.15) is 8.78 Å². The summed E-state index contributed by atoms with van der Waals surface area (Å²) in [6.45, 7) is 3.32. The van der Waals surface area contributed by atoms with E-state index in [-0.39, 0.29) is 6.61 Å². The third-order valence-corrected chi connectivity index (χ3v) is 1.15. The van der Waals surface area contributed by atoms with Crippen LogP contribution in [0, 0.1) is 0 Å². The smallest absolute Gasteiger partial charge is 0.456 e. The van der Waals surface area contributed by atoms with Gasteiger partial charge in [0.05, 0.1) is 12.7 Å². The van der Waals surface area contributed by atoms with Crippen LogP contribution in [0.4, 0.5) is 8.78 Å². The maximum Gasteiger partial charge on any atom is 0.456 e. The van der Waals surface area contributed by atoms with Gasteiger partial charge in [-0.1, -0.05) is 0 Å². The standard InChI is InChI=1S/C7H12F2O4/c1-3-12-4-5(2)13-7(8,9)6(10)11/h5H,3-4H2,1-2H3,(H,10,11). The highest BCUT2D eigenvalue weighted by Gasteiger charge is 2.42. The molecule has 1 N–H and O–H groups in total. The molecule has 0 saturated heterocycles. The van der Waals surface area contributed by atoms with Gasteiger partial charge in [-0.05, 0) is 13.8 Å². The van der Waals surface area contributed by atoms with Gasteiger partial charge >= 0.3 is 12.1 Å². The number of hydrogen-bond donors (Lipinski definition) is 1. The number of carboxylic acids is 1. The lowest BCUT2D eigenvalue weighted by Crippen LogP contribution is -2.36. The molecular weight excluding hydrogens is 186 g/mol. The second kappa shape index (κ2) is 5.08. The van der Waals surface area contributed by atoms with E-state index >= 15 is 0 Å². The topological polar surface area (TPSA) is 55.8 Å². The van der Waals surface area contributed by atoms with Crippen molar-refractivity contribution in [1.82, 2.24) is 0 Å². The summed E-state index contributed by atoms with van der Waals surface area (Å²) in [6.07, 6.45) is -5.10. The SMILES string of the molecule is CCOCC(C)OC(F)(F)C(=O)O. The summed E-state index contributed by atoms with van der Waals surface area (Å²) in [7, 11) is 0. The zero-order valence-corrected chi connectivity index (χ0v) is 7.42. The number of carboxylic acid groups (broad SMARTS) is 1. The molecule has 0 spiro atoms. The molecule has 0 aliphatic carbocycles. The minimum absolute atomic E-state index is 0.0562. The Morgan fingerprint density at radius 2 is 2.15 bits per heavy atom. The van der Waals surface area contributed by atoms with Crippen molar-refractivity contribution in [3.8, 4) is 0 Å². The van der Waals surface area contributed by atoms with Gasteiger partial charge in [0.2, 0.25) is 0 Å². The molecule has 78 valence electrons. The summed E-state index contributed by atoms with van der Waals surface area (Å²) < 4.78 is 33.4. The molecule has 0 aromatic carbocycles. The summed E-state index contributed by atoms with van der Waals surface area (Å²) >= 11 is 0. The molecule has 0 amide bonds. The predicted molar refractivity (Wildman–Crippen MR) is 39.6 cm³/mol. The Kier molecular flexibility index (Phi) is 4.79. The number of aliphatic carboxylic acids is 1. The number of ether oxygens (including phenoxy) is 2. The molecule has 0 aliphatic rings. The van der Waals surface area contributed by atoms with E-state index in [9.17, 15) is 13.6 Å². The Morgan fingerprint density at radius 1 is 1.62 bits per heavy atom. The van der Waals surface area contributed by atoms with Gasteiger partial charge in [0.25, 0.3) is 0 Å². The first-order valence-corrected chi connectivity index (χ1v) is 3.77. The summed E-state index contributed by atoms with van der Waals surface area (Å²) in [6, 6.07) is 0. The Bertz CT molecular complexity index is 172. The Hall–Kier alpha value is -0.750. The van der Waals surface area contributed by atoms with Crippen molar-refractivity contribution in [3.63, 3.8) is 0 Å². The number of alkyl halides is 2. The number of hydrogen-bond acceptors (Lipinski definition) is 3. The van der Waals surface area contributed by atoms with Gasteiger partial charge in [-0.3, -0.25) is 0 Å². The molecule has 13 heavy (non-hydrogen) atoms. The first-order chi connectivity index (χ1) is 5.90. The molecule has 4 nitrogen and oxygen atoms in total. The Morgan fingerprint density at radius 3 is 2.54 bits per heavy atom. The fraction of sp³-hybridized carbons (Fsp3) is 0.857. The van der Waals surface area contributed by atoms with Crippen molar-refractivity contribution in [3.05, 3.63) is 0 Å². The fourth-order valence-electron chi connectivity index (χ4n) is 0.621. The summed E-state index contributed by atoms with van der Waals surface area (Å²) in [5, 5.41) is 8.00. The maximum absolute atomic E-state index is 12.3. The lowest BCUT2D eigenvalue weighted by atomic mass is 10.4. The van der Waals surface area contributed by atoms with Crippen LogP contribution in [0.2, 0.25) is 0 Å². The van der Waals surface area contributed by atoms with Gasteiger partial charge < -0.3 is 14.6 Å². The first kappa shape index (κ1) is 12.2. The third-order valence-electron chi connectivity index (χ3n) is 1.15. The monoisotopic (exact) mass is 198 g/mol. The molecule has 0 heterocycles. The molecule has 0 saturated carbocycles. The molecule has 0 rings (SSSR count). The highest BCUT2D eigenvalue weighted by molar-refractivity contribution is 5.73. The van der Waals surface area contributed by atoms with E-state index in [1.807, 2.05) is 0 Å². The highest BCUT2D eigenvalue weighted by atomic mass is 19.3. The molecule has 1 unspecified atom stereocenters. The average molecular weight is 198 g/mol. The lowest BCUT2D eigenvalue weighted by molar-refractivity contribution is -0.264. The number of rotatable bonds is 6. The van der Waals surface area contributed by atoms with E-state index in [1.54, 1.807) is 6.92 Å². The average Bonchev–Trinajstić information content (AvgIpc) is 1.99. The number of carbonyl (C=O) groups is 1. The van der Waals surface area contributed by atoms with Crippen LogP contribution in [0.15, 0.2) is 0 Å². The number of halogens is 2. The van der Waals surface area contributed by atoms with E-state index in [2.05, 4.69) is 4.74 Å². The molecule has 0 fully saturated rings. The van der Waals surface area contributed by atoms with E-state index in [1.165, 1.54) is 6.92 Å². The molecule has 1 atom stereocenters. The summed E-state index contributed by atoms with van der Waals surface area (Å²) in [5.41, 5.74) is 0. The normalized spacial score (nSPS) is 14.2. The Labute approximate surface area is 74.4 Å². The van der Waals surface area contributed by atoms with Crippen molar-refractivity contribution in [2.75, 3.05) is 13.2 Å². The largest absolute Gasteiger partial charge is 0.475 e. The minimum Gasteiger partial charge on any atom is -0.475 e. The highest BCUT2D eigenvalue weighted by Crippen LogP contribution is 2.17. The van der Waals surface area contributed by atoms with Crippen LogP contribution >= 0.6 is 0 Å². The minimum atomic E-state index is -4.14. The van der Waals surface area contributed by atoms with Gasteiger partial charge in [0.1, 0.15) is 0 Å². The second-order valence-electron chi connectivity index (χ2n) is 2.41. The van der Waals surface area contributed by atoms with E-state index < -0.39 is 18.2 Å². The van der Waals surface area contributed by atoms with Gasteiger partial charge in [0.15, 0.2) is 0 Å². The zero-order valence-electron chi connectivity index (χ0n) is 7.42. The summed E-state index contributed by atoms with van der Waals surface area (Å²) in [4.78, 5) is 9.91. The van der Waals surface area contributed by atoms with Crippen LogP contribution in [0.25, 0.3) is 0 Å². The second-order valence-corrected chi connectivity index (χ2v) is 2.41. The molecule has 6 heteroatoms. The van der Waals surface area contributed by atoms with Crippen LogP contribution in [0.5, 0.6) is 0 Å². The molecule has 0 radical (unpaired) electrons. The van der Waals surface area contributed by atoms with E-state index in [0.717, 1.165) is 0 Å². The van der Waals surface area contributed by atoms with Crippen LogP contribution in [-0.4, -0.2) is 36.5 Å². The van der Waals surface area contributed by atoms with Crippen LogP contribution in [-0.2, 0) is 14.3 Å². The maximum atomic E-state index is 12.3. The molecular formula is C7H12F2O4. The molecule has 0 aromatic rings. The van der Waals surface area contributed by atoms with Crippen molar-refractivity contribution >= 4 is 5.97 Å². The molecule has 0 bridgehead atoms. The van der Waals surface area contributed by atoms with Crippen molar-refractivity contribution in [2.24, 2.45) is 0 Å². The van der Waals surface area contributed by atoms with Gasteiger partial charge in [-0.25, -0.2) is 4.79 Å². The fourth-order valence-corrected chi connectivity index (χ4v) is 0.621. The summed E-state index contributed by atoms with van der Waals surface area (Å²) in [5.74, 6) is -2.30. The quantitative estimate of drug-likeness (QED) is 0.694. The first-order valence-electron chi connectivity index (χ1n) is 3.77. The predicted octanol–water partition coefficient (Wildman–Crippen LogP) is 1.11. The van der Waals surface area contributed by atoms with Crippen molar-refractivity contribution in [1.29, 1.82) is 0 Å². The lowest BCUT2D eigenvalue weighted by Gasteiger charge is -2.17. The molecule has 0 aliphatic heterocycles. The van der Waals surface area contributed by atoms with Crippen LogP contribution in [0.3, 0.4) is 0 Å². The molecule has 0 aromatic heterocycles. The van der Waals surface area contributed by atoms with E-state index in [4.69, 9.17) is 9.84 Å². The van der Waals surface area contributed by atoms with Gasteiger partial charge in [0, 0.05) is 6.61 Å². The third kappa shape index (κ3) is 4.74. The van der Waals surface area contributed by atoms with Crippen LogP contribution in [0.1, 0.15) is 13.8 Å². The Balaban J connectivity index is 3.89. The van der Waals surface area contributed by atoms with Gasteiger partial charge in [-0.15, -0.1) is 0 Å². The van der Waals surface area contributed by atoms with Crippen molar-refractivity contribution in [2.45, 2.75) is 26.1 Å². The van der Waals surface area contributed by atoms with Crippen molar-refractivity contribution < 1.29 is 28.2 Å². The van der Waals surface area contributed by atoms with Crippen LogP contribution < -0.4 is 0 Å². The van der Waals surface area contributed by atoms with E-state index in [0.29, 0.717) is 6.61 Å². The zero-order chi connectivity index (χ0) is 10.5.